The number of ether oxygens (including phenoxy) is 2. The molecule has 146 valence electrons. The van der Waals surface area contributed by atoms with Crippen molar-refractivity contribution in [2.24, 2.45) is 0 Å². The molecule has 0 N–H and O–H groups in total. The molecule has 28 heavy (non-hydrogen) atoms. The van der Waals surface area contributed by atoms with E-state index >= 15 is 0 Å². The quantitative estimate of drug-likeness (QED) is 0.592. The summed E-state index contributed by atoms with van der Waals surface area (Å²) >= 11 is 1.57. The second-order valence-electron chi connectivity index (χ2n) is 6.95. The van der Waals surface area contributed by atoms with Crippen LogP contribution in [0.2, 0.25) is 0 Å². The van der Waals surface area contributed by atoms with E-state index in [9.17, 15) is 4.79 Å². The maximum absolute atomic E-state index is 13.1. The Labute approximate surface area is 168 Å². The second kappa shape index (κ2) is 8.71. The highest BCUT2D eigenvalue weighted by molar-refractivity contribution is 7.22. The summed E-state index contributed by atoms with van der Waals surface area (Å²) in [6.45, 7) is 1.35. The van der Waals surface area contributed by atoms with Crippen LogP contribution in [0.3, 0.4) is 0 Å². The number of hydrogen-bond donors (Lipinski definition) is 0. The number of methoxy groups -OCH3 is 1. The lowest BCUT2D eigenvalue weighted by Gasteiger charge is -2.23. The van der Waals surface area contributed by atoms with Crippen LogP contribution in [0, 0.1) is 0 Å². The molecule has 6 heteroatoms. The molecule has 1 amide bonds. The zero-order chi connectivity index (χ0) is 19.3. The van der Waals surface area contributed by atoms with Crippen molar-refractivity contribution in [1.82, 2.24) is 4.98 Å². The molecule has 1 aliphatic heterocycles. The molecular formula is C22H24N2O3S. The largest absolute Gasteiger partial charge is 0.497 e. The van der Waals surface area contributed by atoms with Crippen molar-refractivity contribution in [2.45, 2.75) is 31.8 Å². The van der Waals surface area contributed by atoms with Crippen molar-refractivity contribution >= 4 is 32.6 Å². The third-order valence-corrected chi connectivity index (χ3v) is 6.07. The standard InChI is InChI=1S/C22H24N2O3S/c1-26-17-11-8-16(9-12-17)10-13-21(25)24(15-18-5-4-14-27-18)22-23-19-6-2-3-7-20(19)28-22/h2-3,6-9,11-12,18H,4-5,10,13-15H2,1H3. The number of anilines is 1. The lowest BCUT2D eigenvalue weighted by molar-refractivity contribution is -0.119. The van der Waals surface area contributed by atoms with Gasteiger partial charge in [0.1, 0.15) is 5.75 Å². The number of para-hydroxylation sites is 1. The van der Waals surface area contributed by atoms with Gasteiger partial charge in [-0.2, -0.15) is 0 Å². The maximum atomic E-state index is 13.1. The van der Waals surface area contributed by atoms with Gasteiger partial charge in [-0.1, -0.05) is 35.6 Å². The number of rotatable bonds is 7. The Kier molecular flexibility index (Phi) is 5.88. The predicted octanol–water partition coefficient (Wildman–Crippen LogP) is 4.45. The minimum absolute atomic E-state index is 0.0883. The van der Waals surface area contributed by atoms with Gasteiger partial charge < -0.3 is 9.47 Å². The lowest BCUT2D eigenvalue weighted by atomic mass is 10.1. The van der Waals surface area contributed by atoms with Crippen LogP contribution in [0.15, 0.2) is 48.5 Å². The highest BCUT2D eigenvalue weighted by Gasteiger charge is 2.25. The first-order valence-electron chi connectivity index (χ1n) is 9.63. The Hall–Kier alpha value is -2.44. The smallest absolute Gasteiger partial charge is 0.229 e. The number of fused-ring (bicyclic) bond motifs is 1. The van der Waals surface area contributed by atoms with E-state index in [0.717, 1.165) is 46.1 Å². The minimum Gasteiger partial charge on any atom is -0.497 e. The van der Waals surface area contributed by atoms with Crippen molar-refractivity contribution in [3.63, 3.8) is 0 Å². The summed E-state index contributed by atoms with van der Waals surface area (Å²) in [6, 6.07) is 15.9. The summed E-state index contributed by atoms with van der Waals surface area (Å²) in [4.78, 5) is 19.6. The number of hydrogen-bond acceptors (Lipinski definition) is 5. The Morgan fingerprint density at radius 2 is 2.07 bits per heavy atom. The first kappa shape index (κ1) is 18.9. The molecule has 0 saturated carbocycles. The summed E-state index contributed by atoms with van der Waals surface area (Å²) in [5.41, 5.74) is 2.05. The van der Waals surface area contributed by atoms with Crippen LogP contribution in [0.25, 0.3) is 10.2 Å². The van der Waals surface area contributed by atoms with Crippen LogP contribution in [0.1, 0.15) is 24.8 Å². The molecule has 0 aliphatic carbocycles. The van der Waals surface area contributed by atoms with Crippen LogP contribution < -0.4 is 9.64 Å². The molecule has 3 aromatic rings. The van der Waals surface area contributed by atoms with E-state index in [1.165, 1.54) is 0 Å². The van der Waals surface area contributed by atoms with Gasteiger partial charge in [0.2, 0.25) is 5.91 Å². The summed E-state index contributed by atoms with van der Waals surface area (Å²) in [5.74, 6) is 0.912. The molecule has 0 bridgehead atoms. The highest BCUT2D eigenvalue weighted by Crippen LogP contribution is 2.30. The van der Waals surface area contributed by atoms with E-state index in [2.05, 4.69) is 0 Å². The number of benzene rings is 2. The summed E-state index contributed by atoms with van der Waals surface area (Å²) < 4.78 is 12.1. The Morgan fingerprint density at radius 3 is 2.79 bits per heavy atom. The fourth-order valence-corrected chi connectivity index (χ4v) is 4.42. The van der Waals surface area contributed by atoms with Gasteiger partial charge in [0.25, 0.3) is 0 Å². The van der Waals surface area contributed by atoms with Gasteiger partial charge in [0.05, 0.1) is 30.0 Å². The molecule has 5 nitrogen and oxygen atoms in total. The molecule has 0 spiro atoms. The SMILES string of the molecule is COc1ccc(CCC(=O)N(CC2CCCO2)c2nc3ccccc3s2)cc1. The van der Waals surface area contributed by atoms with Gasteiger partial charge in [-0.3, -0.25) is 9.69 Å². The molecule has 1 aromatic heterocycles. The van der Waals surface area contributed by atoms with Crippen molar-refractivity contribution < 1.29 is 14.3 Å². The number of thiazole rings is 1. The van der Waals surface area contributed by atoms with Crippen LogP contribution in [0.4, 0.5) is 5.13 Å². The second-order valence-corrected chi connectivity index (χ2v) is 7.96. The molecule has 1 fully saturated rings. The third kappa shape index (κ3) is 4.34. The molecular weight excluding hydrogens is 372 g/mol. The van der Waals surface area contributed by atoms with Crippen LogP contribution in [0.5, 0.6) is 5.75 Å². The van der Waals surface area contributed by atoms with E-state index in [0.29, 0.717) is 19.4 Å². The van der Waals surface area contributed by atoms with E-state index in [1.807, 2.05) is 53.4 Å². The maximum Gasteiger partial charge on any atom is 0.229 e. The number of nitrogens with zero attached hydrogens (tertiary/aromatic N) is 2. The molecule has 2 heterocycles. The minimum atomic E-state index is 0.0883. The number of carbonyl (C=O) groups is 1. The Bertz CT molecular complexity index is 899. The molecule has 0 radical (unpaired) electrons. The summed E-state index contributed by atoms with van der Waals surface area (Å²) in [7, 11) is 1.65. The van der Waals surface area contributed by atoms with E-state index in [4.69, 9.17) is 14.5 Å². The fraction of sp³-hybridized carbons (Fsp3) is 0.364. The van der Waals surface area contributed by atoms with E-state index < -0.39 is 0 Å². The van der Waals surface area contributed by atoms with E-state index in [1.54, 1.807) is 18.4 Å². The molecule has 2 aromatic carbocycles. The van der Waals surface area contributed by atoms with Gasteiger partial charge >= 0.3 is 0 Å². The van der Waals surface area contributed by atoms with Crippen molar-refractivity contribution in [2.75, 3.05) is 25.2 Å². The molecule has 1 aliphatic rings. The molecule has 1 unspecified atom stereocenters. The normalized spacial score (nSPS) is 16.4. The van der Waals surface area contributed by atoms with Gasteiger partial charge in [-0.05, 0) is 49.1 Å². The van der Waals surface area contributed by atoms with Gasteiger partial charge in [0.15, 0.2) is 5.13 Å². The number of carbonyl (C=O) groups excluding carboxylic acids is 1. The average Bonchev–Trinajstić information content (AvgIpc) is 3.40. The third-order valence-electron chi connectivity index (χ3n) is 5.01. The monoisotopic (exact) mass is 396 g/mol. The number of amides is 1. The summed E-state index contributed by atoms with van der Waals surface area (Å²) in [5, 5.41) is 0.761. The molecule has 1 atom stereocenters. The van der Waals surface area contributed by atoms with Crippen LogP contribution in [-0.2, 0) is 16.0 Å². The van der Waals surface area contributed by atoms with Crippen molar-refractivity contribution in [3.05, 3.63) is 54.1 Å². The van der Waals surface area contributed by atoms with Crippen LogP contribution >= 0.6 is 11.3 Å². The van der Waals surface area contributed by atoms with Crippen LogP contribution in [-0.4, -0.2) is 37.3 Å². The first-order chi connectivity index (χ1) is 13.7. The van der Waals surface area contributed by atoms with Crippen molar-refractivity contribution in [1.29, 1.82) is 0 Å². The van der Waals surface area contributed by atoms with E-state index in [-0.39, 0.29) is 12.0 Å². The molecule has 4 rings (SSSR count). The average molecular weight is 397 g/mol. The number of aromatic nitrogens is 1. The topological polar surface area (TPSA) is 51.7 Å². The Morgan fingerprint density at radius 1 is 1.25 bits per heavy atom. The molecule has 1 saturated heterocycles. The van der Waals surface area contributed by atoms with Gasteiger partial charge in [-0.15, -0.1) is 0 Å². The number of aryl methyl sites for hydroxylation is 1. The van der Waals surface area contributed by atoms with Crippen molar-refractivity contribution in [3.8, 4) is 5.75 Å². The van der Waals surface area contributed by atoms with Gasteiger partial charge in [0, 0.05) is 13.0 Å². The fourth-order valence-electron chi connectivity index (χ4n) is 3.43. The first-order valence-corrected chi connectivity index (χ1v) is 10.4. The zero-order valence-corrected chi connectivity index (χ0v) is 16.8. The summed E-state index contributed by atoms with van der Waals surface area (Å²) in [6.07, 6.45) is 3.27. The highest BCUT2D eigenvalue weighted by atomic mass is 32.1. The lowest BCUT2D eigenvalue weighted by Crippen LogP contribution is -2.37. The zero-order valence-electron chi connectivity index (χ0n) is 16.0. The predicted molar refractivity (Wildman–Crippen MR) is 112 cm³/mol. The van der Waals surface area contributed by atoms with Gasteiger partial charge in [-0.25, -0.2) is 4.98 Å². The Balaban J connectivity index is 1.50.